The molecule has 0 spiro atoms. The molecule has 0 radical (unpaired) electrons. The van der Waals surface area contributed by atoms with Crippen molar-refractivity contribution in [2.45, 2.75) is 33.2 Å². The molecule has 0 fully saturated rings. The third-order valence-corrected chi connectivity index (χ3v) is 4.90. The summed E-state index contributed by atoms with van der Waals surface area (Å²) in [6.45, 7) is 5.71. The first-order valence-corrected chi connectivity index (χ1v) is 10.4. The van der Waals surface area contributed by atoms with E-state index >= 15 is 0 Å². The van der Waals surface area contributed by atoms with Gasteiger partial charge < -0.3 is 21.1 Å². The number of nitrogens with zero attached hydrogens (tertiary/aromatic N) is 1. The van der Waals surface area contributed by atoms with Crippen molar-refractivity contribution in [1.82, 2.24) is 10.3 Å². The average molecular weight is 433 g/mol. The molecular formula is C25H28N4O3. The van der Waals surface area contributed by atoms with Crippen LogP contribution >= 0.6 is 0 Å². The quantitative estimate of drug-likeness (QED) is 0.524. The third-order valence-electron chi connectivity index (χ3n) is 4.90. The summed E-state index contributed by atoms with van der Waals surface area (Å²) in [7, 11) is 1.60. The van der Waals surface area contributed by atoms with Crippen LogP contribution in [0.1, 0.15) is 35.3 Å². The SMILES string of the molecule is COc1cccc(CC(=O)Nc2ccc(-c3cnc(N)c(C(=O)NC(C)C)c3)c(C)c2)c1. The number of nitrogen functional groups attached to an aromatic ring is 1. The van der Waals surface area contributed by atoms with Gasteiger partial charge in [-0.1, -0.05) is 18.2 Å². The number of hydrogen-bond acceptors (Lipinski definition) is 5. The number of nitrogens with two attached hydrogens (primary N) is 1. The largest absolute Gasteiger partial charge is 0.497 e. The molecule has 166 valence electrons. The molecule has 0 aliphatic rings. The maximum atomic E-state index is 12.5. The van der Waals surface area contributed by atoms with Crippen molar-refractivity contribution in [1.29, 1.82) is 0 Å². The minimum atomic E-state index is -0.258. The third kappa shape index (κ3) is 5.63. The van der Waals surface area contributed by atoms with Gasteiger partial charge in [-0.15, -0.1) is 0 Å². The second-order valence-electron chi connectivity index (χ2n) is 7.89. The molecule has 0 unspecified atom stereocenters. The lowest BCUT2D eigenvalue weighted by Gasteiger charge is -2.13. The molecular weight excluding hydrogens is 404 g/mol. The predicted octanol–water partition coefficient (Wildman–Crippen LogP) is 3.97. The normalized spacial score (nSPS) is 10.7. The van der Waals surface area contributed by atoms with E-state index in [4.69, 9.17) is 10.5 Å². The van der Waals surface area contributed by atoms with Gasteiger partial charge in [-0.25, -0.2) is 4.98 Å². The first kappa shape index (κ1) is 22.8. The molecule has 7 nitrogen and oxygen atoms in total. The van der Waals surface area contributed by atoms with Crippen molar-refractivity contribution < 1.29 is 14.3 Å². The second kappa shape index (κ2) is 9.96. The van der Waals surface area contributed by atoms with Crippen LogP contribution in [0.2, 0.25) is 0 Å². The fourth-order valence-electron chi connectivity index (χ4n) is 3.38. The lowest BCUT2D eigenvalue weighted by Crippen LogP contribution is -2.30. The Morgan fingerprint density at radius 2 is 1.91 bits per heavy atom. The Kier molecular flexibility index (Phi) is 7.10. The van der Waals surface area contributed by atoms with E-state index in [9.17, 15) is 9.59 Å². The molecule has 4 N–H and O–H groups in total. The van der Waals surface area contributed by atoms with Crippen LogP contribution in [0.25, 0.3) is 11.1 Å². The number of pyridine rings is 1. The number of amides is 2. The van der Waals surface area contributed by atoms with Crippen LogP contribution in [-0.2, 0) is 11.2 Å². The van der Waals surface area contributed by atoms with Crippen molar-refractivity contribution in [2.24, 2.45) is 0 Å². The molecule has 0 saturated carbocycles. The van der Waals surface area contributed by atoms with Crippen molar-refractivity contribution in [2.75, 3.05) is 18.2 Å². The van der Waals surface area contributed by atoms with Gasteiger partial charge in [0, 0.05) is 23.5 Å². The van der Waals surface area contributed by atoms with Gasteiger partial charge in [0.25, 0.3) is 5.91 Å². The van der Waals surface area contributed by atoms with Gasteiger partial charge >= 0.3 is 0 Å². The van der Waals surface area contributed by atoms with E-state index in [0.29, 0.717) is 17.0 Å². The van der Waals surface area contributed by atoms with Crippen molar-refractivity contribution >= 4 is 23.3 Å². The van der Waals surface area contributed by atoms with Crippen LogP contribution in [0, 0.1) is 6.92 Å². The maximum Gasteiger partial charge on any atom is 0.255 e. The molecule has 0 bridgehead atoms. The molecule has 2 aromatic carbocycles. The van der Waals surface area contributed by atoms with Gasteiger partial charge in [0.15, 0.2) is 0 Å². The highest BCUT2D eigenvalue weighted by atomic mass is 16.5. The molecule has 0 saturated heterocycles. The number of aromatic nitrogens is 1. The number of aryl methyl sites for hydroxylation is 1. The first-order chi connectivity index (χ1) is 15.3. The Morgan fingerprint density at radius 3 is 2.59 bits per heavy atom. The lowest BCUT2D eigenvalue weighted by atomic mass is 9.99. The highest BCUT2D eigenvalue weighted by Gasteiger charge is 2.15. The molecule has 2 amide bonds. The van der Waals surface area contributed by atoms with Crippen molar-refractivity contribution in [3.05, 3.63) is 71.4 Å². The molecule has 3 aromatic rings. The molecule has 32 heavy (non-hydrogen) atoms. The van der Waals surface area contributed by atoms with E-state index in [1.807, 2.05) is 63.2 Å². The lowest BCUT2D eigenvalue weighted by molar-refractivity contribution is -0.115. The smallest absolute Gasteiger partial charge is 0.255 e. The van der Waals surface area contributed by atoms with Crippen molar-refractivity contribution in [3.63, 3.8) is 0 Å². The Balaban J connectivity index is 1.76. The topological polar surface area (TPSA) is 106 Å². The molecule has 1 heterocycles. The Morgan fingerprint density at radius 1 is 1.12 bits per heavy atom. The Hall–Kier alpha value is -3.87. The Bertz CT molecular complexity index is 1140. The van der Waals surface area contributed by atoms with Crippen LogP contribution in [0.3, 0.4) is 0 Å². The van der Waals surface area contributed by atoms with Gasteiger partial charge in [-0.3, -0.25) is 9.59 Å². The van der Waals surface area contributed by atoms with Gasteiger partial charge in [-0.05, 0) is 67.8 Å². The fraction of sp³-hybridized carbons (Fsp3) is 0.240. The summed E-state index contributed by atoms with van der Waals surface area (Å²) in [4.78, 5) is 29.1. The number of benzene rings is 2. The van der Waals surface area contributed by atoms with Gasteiger partial charge in [0.05, 0.1) is 19.1 Å². The van der Waals surface area contributed by atoms with Crippen molar-refractivity contribution in [3.8, 4) is 16.9 Å². The van der Waals surface area contributed by atoms with Gasteiger partial charge in [-0.2, -0.15) is 0 Å². The van der Waals surface area contributed by atoms with E-state index in [2.05, 4.69) is 15.6 Å². The number of carbonyl (C=O) groups excluding carboxylic acids is 2. The zero-order valence-corrected chi connectivity index (χ0v) is 18.7. The summed E-state index contributed by atoms with van der Waals surface area (Å²) in [6, 6.07) is 14.8. The highest BCUT2D eigenvalue weighted by Crippen LogP contribution is 2.27. The number of carbonyl (C=O) groups is 2. The highest BCUT2D eigenvalue weighted by molar-refractivity contribution is 5.99. The van der Waals surface area contributed by atoms with Gasteiger partial charge in [0.2, 0.25) is 5.91 Å². The fourth-order valence-corrected chi connectivity index (χ4v) is 3.38. The average Bonchev–Trinajstić information content (AvgIpc) is 2.74. The van der Waals surface area contributed by atoms with E-state index < -0.39 is 0 Å². The van der Waals surface area contributed by atoms with Crippen LogP contribution in [0.4, 0.5) is 11.5 Å². The molecule has 1 aromatic heterocycles. The van der Waals surface area contributed by atoms with Crippen LogP contribution in [0.5, 0.6) is 5.75 Å². The number of hydrogen-bond donors (Lipinski definition) is 3. The number of anilines is 2. The number of nitrogens with one attached hydrogen (secondary N) is 2. The molecule has 0 aliphatic heterocycles. The number of methoxy groups -OCH3 is 1. The predicted molar refractivity (Wildman–Crippen MR) is 127 cm³/mol. The molecule has 7 heteroatoms. The zero-order valence-electron chi connectivity index (χ0n) is 18.7. The zero-order chi connectivity index (χ0) is 23.3. The summed E-state index contributed by atoms with van der Waals surface area (Å²) < 4.78 is 5.21. The first-order valence-electron chi connectivity index (χ1n) is 10.4. The minimum Gasteiger partial charge on any atom is -0.497 e. The molecule has 3 rings (SSSR count). The summed E-state index contributed by atoms with van der Waals surface area (Å²) in [5, 5.41) is 5.76. The van der Waals surface area contributed by atoms with E-state index in [-0.39, 0.29) is 30.1 Å². The number of rotatable bonds is 7. The minimum absolute atomic E-state index is 0.00726. The van der Waals surface area contributed by atoms with E-state index in [1.165, 1.54) is 0 Å². The number of ether oxygens (including phenoxy) is 1. The van der Waals surface area contributed by atoms with Crippen LogP contribution < -0.4 is 21.1 Å². The Labute approximate surface area is 188 Å². The monoisotopic (exact) mass is 432 g/mol. The second-order valence-corrected chi connectivity index (χ2v) is 7.89. The molecule has 0 aliphatic carbocycles. The van der Waals surface area contributed by atoms with E-state index in [1.54, 1.807) is 19.4 Å². The summed E-state index contributed by atoms with van der Waals surface area (Å²) in [6.07, 6.45) is 1.89. The van der Waals surface area contributed by atoms with E-state index in [0.717, 1.165) is 22.3 Å². The van der Waals surface area contributed by atoms with Gasteiger partial charge in [0.1, 0.15) is 11.6 Å². The van der Waals surface area contributed by atoms with Crippen LogP contribution in [-0.4, -0.2) is 29.9 Å². The summed E-state index contributed by atoms with van der Waals surface area (Å²) in [5.41, 5.74) is 10.4. The standard InChI is InChI=1S/C25H28N4O3/c1-15(2)28-25(31)22-13-18(14-27-24(22)26)21-9-8-19(10-16(21)3)29-23(30)12-17-6-5-7-20(11-17)32-4/h5-11,13-15H,12H2,1-4H3,(H2,26,27)(H,28,31)(H,29,30). The summed E-state index contributed by atoms with van der Waals surface area (Å²) >= 11 is 0. The maximum absolute atomic E-state index is 12.5. The summed E-state index contributed by atoms with van der Waals surface area (Å²) in [5.74, 6) is 0.526. The molecule has 0 atom stereocenters. The van der Waals surface area contributed by atoms with Crippen LogP contribution in [0.15, 0.2) is 54.7 Å².